The van der Waals surface area contributed by atoms with Crippen LogP contribution < -0.4 is 0 Å². The van der Waals surface area contributed by atoms with Gasteiger partial charge in [0.15, 0.2) is 24.1 Å². The Balaban J connectivity index is 3.01. The zero-order chi connectivity index (χ0) is 11.7. The molecule has 4 nitrogen and oxygen atoms in total. The second kappa shape index (κ2) is 3.66. The molecule has 2 rings (SSSR count). The van der Waals surface area contributed by atoms with Gasteiger partial charge in [0.1, 0.15) is 0 Å². The fraction of sp³-hybridized carbons (Fsp3) is 0. The average molecular weight is 216 g/mol. The van der Waals surface area contributed by atoms with Crippen molar-refractivity contribution in [1.29, 1.82) is 0 Å². The van der Waals surface area contributed by atoms with E-state index in [9.17, 15) is 19.8 Å². The van der Waals surface area contributed by atoms with Gasteiger partial charge in [0.2, 0.25) is 0 Å². The summed E-state index contributed by atoms with van der Waals surface area (Å²) in [5.41, 5.74) is 0.588. The molecule has 0 atom stereocenters. The van der Waals surface area contributed by atoms with Gasteiger partial charge in [0, 0.05) is 16.5 Å². The van der Waals surface area contributed by atoms with Crippen LogP contribution in [0.2, 0.25) is 0 Å². The van der Waals surface area contributed by atoms with E-state index < -0.39 is 0 Å². The van der Waals surface area contributed by atoms with Gasteiger partial charge in [-0.2, -0.15) is 0 Å². The molecule has 0 aliphatic heterocycles. The van der Waals surface area contributed by atoms with Crippen LogP contribution in [0.3, 0.4) is 0 Å². The maximum Gasteiger partial charge on any atom is 0.166 e. The number of benzene rings is 2. The summed E-state index contributed by atoms with van der Waals surface area (Å²) in [6, 6.07) is 5.69. The van der Waals surface area contributed by atoms with Gasteiger partial charge in [0.25, 0.3) is 0 Å². The maximum absolute atomic E-state index is 10.8. The number of aromatic hydroxyl groups is 2. The van der Waals surface area contributed by atoms with Crippen molar-refractivity contribution < 1.29 is 19.8 Å². The smallest absolute Gasteiger partial charge is 0.166 e. The van der Waals surface area contributed by atoms with E-state index in [4.69, 9.17) is 0 Å². The Morgan fingerprint density at radius 3 is 2.12 bits per heavy atom. The first-order chi connectivity index (χ1) is 7.69. The normalized spacial score (nSPS) is 10.2. The molecule has 0 amide bonds. The molecule has 0 heterocycles. The van der Waals surface area contributed by atoms with Crippen LogP contribution in [0.1, 0.15) is 20.7 Å². The summed E-state index contributed by atoms with van der Waals surface area (Å²) in [7, 11) is 0. The predicted molar refractivity (Wildman–Crippen MR) is 58.1 cm³/mol. The van der Waals surface area contributed by atoms with Gasteiger partial charge in [-0.05, 0) is 17.5 Å². The number of fused-ring (bicyclic) bond motifs is 1. The van der Waals surface area contributed by atoms with E-state index in [-0.39, 0.29) is 22.4 Å². The van der Waals surface area contributed by atoms with Gasteiger partial charge in [0.05, 0.1) is 0 Å². The van der Waals surface area contributed by atoms with Crippen LogP contribution in [-0.2, 0) is 0 Å². The zero-order valence-corrected chi connectivity index (χ0v) is 8.18. The maximum atomic E-state index is 10.8. The molecule has 0 bridgehead atoms. The highest BCUT2D eigenvalue weighted by atomic mass is 16.3. The highest BCUT2D eigenvalue weighted by molar-refractivity contribution is 6.08. The van der Waals surface area contributed by atoms with Crippen molar-refractivity contribution in [3.63, 3.8) is 0 Å². The number of phenolic OH excluding ortho intramolecular Hbond substituents is 2. The van der Waals surface area contributed by atoms with E-state index in [1.165, 1.54) is 24.3 Å². The van der Waals surface area contributed by atoms with Gasteiger partial charge in [-0.1, -0.05) is 12.1 Å². The van der Waals surface area contributed by atoms with Crippen LogP contribution in [0.4, 0.5) is 0 Å². The van der Waals surface area contributed by atoms with E-state index in [0.717, 1.165) is 0 Å². The fourth-order valence-corrected chi connectivity index (χ4v) is 1.67. The Morgan fingerprint density at radius 2 is 1.50 bits per heavy atom. The molecule has 0 aliphatic carbocycles. The zero-order valence-electron chi connectivity index (χ0n) is 8.18. The van der Waals surface area contributed by atoms with Crippen molar-refractivity contribution in [3.05, 3.63) is 35.4 Å². The molecule has 4 heteroatoms. The molecule has 0 aromatic heterocycles. The quantitative estimate of drug-likeness (QED) is 0.593. The van der Waals surface area contributed by atoms with Crippen LogP contribution >= 0.6 is 0 Å². The molecule has 0 saturated carbocycles. The molecule has 0 aliphatic rings. The average Bonchev–Trinajstić information content (AvgIpc) is 2.32. The Labute approximate surface area is 90.8 Å². The second-order valence-corrected chi connectivity index (χ2v) is 3.34. The Kier molecular flexibility index (Phi) is 2.32. The highest BCUT2D eigenvalue weighted by Crippen LogP contribution is 2.36. The van der Waals surface area contributed by atoms with E-state index in [2.05, 4.69) is 0 Å². The Hall–Kier alpha value is -2.36. The lowest BCUT2D eigenvalue weighted by molar-refractivity contribution is 0.111. The molecule has 2 N–H and O–H groups in total. The van der Waals surface area contributed by atoms with Crippen molar-refractivity contribution in [3.8, 4) is 11.5 Å². The monoisotopic (exact) mass is 216 g/mol. The van der Waals surface area contributed by atoms with Crippen LogP contribution in [-0.4, -0.2) is 22.8 Å². The summed E-state index contributed by atoms with van der Waals surface area (Å²) in [4.78, 5) is 21.6. The Bertz CT molecular complexity index is 587. The molecular weight excluding hydrogens is 208 g/mol. The molecule has 2 aromatic rings. The second-order valence-electron chi connectivity index (χ2n) is 3.34. The van der Waals surface area contributed by atoms with Crippen LogP contribution in [0.5, 0.6) is 11.5 Å². The summed E-state index contributed by atoms with van der Waals surface area (Å²) in [5, 5.41) is 19.6. The fourth-order valence-electron chi connectivity index (χ4n) is 1.67. The molecule has 16 heavy (non-hydrogen) atoms. The molecular formula is C12H8O4. The van der Waals surface area contributed by atoms with Crippen molar-refractivity contribution in [2.45, 2.75) is 0 Å². The third kappa shape index (κ3) is 1.32. The van der Waals surface area contributed by atoms with Crippen LogP contribution in [0, 0.1) is 0 Å². The van der Waals surface area contributed by atoms with E-state index in [1.54, 1.807) is 0 Å². The number of carbonyl (C=O) groups is 2. The van der Waals surface area contributed by atoms with Crippen LogP contribution in [0.15, 0.2) is 24.3 Å². The summed E-state index contributed by atoms with van der Waals surface area (Å²) < 4.78 is 0. The molecule has 0 spiro atoms. The summed E-state index contributed by atoms with van der Waals surface area (Å²) in [5.74, 6) is -0.707. The van der Waals surface area contributed by atoms with Crippen LogP contribution in [0.25, 0.3) is 10.8 Å². The van der Waals surface area contributed by atoms with E-state index in [0.29, 0.717) is 23.5 Å². The van der Waals surface area contributed by atoms with Gasteiger partial charge < -0.3 is 10.2 Å². The third-order valence-electron chi connectivity index (χ3n) is 2.45. The summed E-state index contributed by atoms with van der Waals surface area (Å²) in [6.45, 7) is 0. The van der Waals surface area contributed by atoms with Crippen molar-refractivity contribution in [1.82, 2.24) is 0 Å². The minimum absolute atomic E-state index is 0.194. The van der Waals surface area contributed by atoms with Gasteiger partial charge >= 0.3 is 0 Å². The lowest BCUT2D eigenvalue weighted by Gasteiger charge is -2.07. The van der Waals surface area contributed by atoms with Crippen molar-refractivity contribution in [2.24, 2.45) is 0 Å². The number of aldehydes is 2. The predicted octanol–water partition coefficient (Wildman–Crippen LogP) is 1.88. The first-order valence-corrected chi connectivity index (χ1v) is 4.57. The number of hydrogen-bond acceptors (Lipinski definition) is 4. The first-order valence-electron chi connectivity index (χ1n) is 4.57. The highest BCUT2D eigenvalue weighted by Gasteiger charge is 2.12. The number of hydrogen-bond donors (Lipinski definition) is 2. The molecule has 0 fully saturated rings. The standard InChI is InChI=1S/C12H8O4/c13-5-7-1-2-8(6-14)11-9(7)3-4-10(15)12(11)16/h1-6,15-16H. The minimum Gasteiger partial charge on any atom is -0.504 e. The SMILES string of the molecule is O=Cc1ccc(C=O)c2c(O)c(O)ccc12. The minimum atomic E-state index is -0.386. The molecule has 0 saturated heterocycles. The van der Waals surface area contributed by atoms with Crippen molar-refractivity contribution in [2.75, 3.05) is 0 Å². The number of rotatable bonds is 2. The summed E-state index contributed by atoms with van der Waals surface area (Å²) >= 11 is 0. The van der Waals surface area contributed by atoms with E-state index in [1.807, 2.05) is 0 Å². The third-order valence-corrected chi connectivity index (χ3v) is 2.45. The lowest BCUT2D eigenvalue weighted by atomic mass is 9.99. The van der Waals surface area contributed by atoms with E-state index >= 15 is 0 Å². The first kappa shape index (κ1) is 10.2. The topological polar surface area (TPSA) is 74.6 Å². The van der Waals surface area contributed by atoms with Gasteiger partial charge in [-0.3, -0.25) is 9.59 Å². The lowest BCUT2D eigenvalue weighted by Crippen LogP contribution is -1.90. The van der Waals surface area contributed by atoms with Gasteiger partial charge in [-0.15, -0.1) is 0 Å². The molecule has 80 valence electrons. The number of phenols is 2. The molecule has 2 aromatic carbocycles. The Morgan fingerprint density at radius 1 is 0.875 bits per heavy atom. The number of carbonyl (C=O) groups excluding carboxylic acids is 2. The molecule has 0 unspecified atom stereocenters. The van der Waals surface area contributed by atoms with Crippen molar-refractivity contribution >= 4 is 23.3 Å². The van der Waals surface area contributed by atoms with Gasteiger partial charge in [-0.25, -0.2) is 0 Å². The largest absolute Gasteiger partial charge is 0.504 e. The molecule has 0 radical (unpaired) electrons. The summed E-state index contributed by atoms with van der Waals surface area (Å²) in [6.07, 6.45) is 1.20.